The highest BCUT2D eigenvalue weighted by Gasteiger charge is 2.13. The lowest BCUT2D eigenvalue weighted by atomic mass is 10.2. The molecule has 0 saturated carbocycles. The summed E-state index contributed by atoms with van der Waals surface area (Å²) >= 11 is 6.08. The minimum absolute atomic E-state index is 0.340. The van der Waals surface area contributed by atoms with Gasteiger partial charge in [-0.3, -0.25) is 4.79 Å². The number of ether oxygens (including phenoxy) is 1. The number of aromatic nitrogens is 1. The van der Waals surface area contributed by atoms with E-state index in [1.54, 1.807) is 11.7 Å². The lowest BCUT2D eigenvalue weighted by molar-refractivity contribution is 0.112. The molecule has 0 atom stereocenters. The topological polar surface area (TPSA) is 31.2 Å². The van der Waals surface area contributed by atoms with E-state index in [1.807, 2.05) is 24.3 Å². The summed E-state index contributed by atoms with van der Waals surface area (Å²) in [5.41, 5.74) is 1.43. The van der Waals surface area contributed by atoms with Gasteiger partial charge in [-0.05, 0) is 6.07 Å². The monoisotopic (exact) mass is 223 g/mol. The Kier molecular flexibility index (Phi) is 2.75. The van der Waals surface area contributed by atoms with Gasteiger partial charge in [0.2, 0.25) is 0 Å². The molecule has 0 radical (unpaired) electrons. The van der Waals surface area contributed by atoms with Crippen molar-refractivity contribution in [1.29, 1.82) is 0 Å². The van der Waals surface area contributed by atoms with Crippen LogP contribution in [0.15, 0.2) is 24.3 Å². The average molecular weight is 224 g/mol. The molecular weight excluding hydrogens is 214 g/mol. The van der Waals surface area contributed by atoms with Crippen molar-refractivity contribution in [1.82, 2.24) is 4.57 Å². The fraction of sp³-hybridized carbons (Fsp3) is 0.182. The van der Waals surface area contributed by atoms with Crippen LogP contribution >= 0.6 is 11.6 Å². The largest absolute Gasteiger partial charge is 0.364 e. The van der Waals surface area contributed by atoms with Crippen LogP contribution < -0.4 is 0 Å². The zero-order valence-corrected chi connectivity index (χ0v) is 8.99. The molecule has 15 heavy (non-hydrogen) atoms. The first-order valence-electron chi connectivity index (χ1n) is 4.50. The van der Waals surface area contributed by atoms with Gasteiger partial charge in [-0.15, -0.1) is 0 Å². The van der Waals surface area contributed by atoms with E-state index in [0.29, 0.717) is 17.4 Å². The second-order valence-electron chi connectivity index (χ2n) is 3.19. The van der Waals surface area contributed by atoms with E-state index in [-0.39, 0.29) is 0 Å². The summed E-state index contributed by atoms with van der Waals surface area (Å²) < 4.78 is 6.80. The number of nitrogens with zero attached hydrogens (tertiary/aromatic N) is 1. The molecule has 1 heterocycles. The minimum Gasteiger partial charge on any atom is -0.364 e. The Morgan fingerprint density at radius 1 is 1.47 bits per heavy atom. The highest BCUT2D eigenvalue weighted by molar-refractivity contribution is 6.34. The summed E-state index contributed by atoms with van der Waals surface area (Å²) in [6, 6.07) is 7.56. The fourth-order valence-corrected chi connectivity index (χ4v) is 1.95. The molecule has 0 bridgehead atoms. The Balaban J connectivity index is 2.78. The molecule has 4 heteroatoms. The summed E-state index contributed by atoms with van der Waals surface area (Å²) in [5.74, 6) is 0. The molecule has 0 saturated heterocycles. The number of aldehydes is 1. The molecule has 0 fully saturated rings. The van der Waals surface area contributed by atoms with Crippen LogP contribution in [0.1, 0.15) is 10.4 Å². The zero-order valence-electron chi connectivity index (χ0n) is 8.24. The molecular formula is C11H10ClNO2. The molecule has 1 aromatic carbocycles. The third-order valence-electron chi connectivity index (χ3n) is 2.32. The number of halogens is 1. The minimum atomic E-state index is 0.340. The maximum absolute atomic E-state index is 10.9. The Morgan fingerprint density at radius 3 is 2.87 bits per heavy atom. The second kappa shape index (κ2) is 4.04. The van der Waals surface area contributed by atoms with Gasteiger partial charge in [0.05, 0.1) is 11.1 Å². The Morgan fingerprint density at radius 2 is 2.20 bits per heavy atom. The van der Waals surface area contributed by atoms with Crippen LogP contribution in [0.3, 0.4) is 0 Å². The van der Waals surface area contributed by atoms with E-state index >= 15 is 0 Å². The van der Waals surface area contributed by atoms with Crippen LogP contribution in [0, 0.1) is 0 Å². The van der Waals surface area contributed by atoms with E-state index in [0.717, 1.165) is 17.2 Å². The highest BCUT2D eigenvalue weighted by atomic mass is 35.5. The van der Waals surface area contributed by atoms with Crippen molar-refractivity contribution in [2.24, 2.45) is 0 Å². The number of carbonyl (C=O) groups excluding carboxylic acids is 1. The summed E-state index contributed by atoms with van der Waals surface area (Å²) in [4.78, 5) is 10.9. The van der Waals surface area contributed by atoms with Crippen LogP contribution in [0.25, 0.3) is 10.9 Å². The van der Waals surface area contributed by atoms with E-state index in [2.05, 4.69) is 0 Å². The van der Waals surface area contributed by atoms with E-state index < -0.39 is 0 Å². The van der Waals surface area contributed by atoms with Crippen LogP contribution in [-0.4, -0.2) is 18.0 Å². The number of hydrogen-bond acceptors (Lipinski definition) is 2. The third kappa shape index (κ3) is 1.54. The predicted octanol–water partition coefficient (Wildman–Crippen LogP) is 2.71. The van der Waals surface area contributed by atoms with Gasteiger partial charge in [0.1, 0.15) is 11.9 Å². The molecule has 0 amide bonds. The number of hydrogen-bond donors (Lipinski definition) is 0. The fourth-order valence-electron chi connectivity index (χ4n) is 1.67. The van der Waals surface area contributed by atoms with Crippen molar-refractivity contribution in [3.05, 3.63) is 35.0 Å². The molecule has 0 N–H and O–H groups in total. The average Bonchev–Trinajstić information content (AvgIpc) is 2.53. The van der Waals surface area contributed by atoms with Crippen molar-refractivity contribution in [2.45, 2.75) is 6.73 Å². The summed E-state index contributed by atoms with van der Waals surface area (Å²) in [5, 5.41) is 1.28. The first-order valence-corrected chi connectivity index (χ1v) is 4.88. The van der Waals surface area contributed by atoms with Gasteiger partial charge in [-0.1, -0.05) is 29.8 Å². The standard InChI is InChI=1S/C11H10ClNO2/c1-15-7-13-10-5-3-2-4-8(10)9(6-14)11(13)12/h2-6H,7H2,1H3. The lowest BCUT2D eigenvalue weighted by Crippen LogP contribution is -1.99. The van der Waals surface area contributed by atoms with Gasteiger partial charge < -0.3 is 9.30 Å². The maximum atomic E-state index is 10.9. The molecule has 0 aliphatic rings. The third-order valence-corrected chi connectivity index (χ3v) is 2.73. The molecule has 0 unspecified atom stereocenters. The molecule has 2 rings (SSSR count). The number of para-hydroxylation sites is 1. The highest BCUT2D eigenvalue weighted by Crippen LogP contribution is 2.28. The Hall–Kier alpha value is -1.32. The van der Waals surface area contributed by atoms with Crippen LogP contribution in [0.4, 0.5) is 0 Å². The van der Waals surface area contributed by atoms with E-state index in [4.69, 9.17) is 16.3 Å². The van der Waals surface area contributed by atoms with E-state index in [1.165, 1.54) is 0 Å². The molecule has 0 aliphatic carbocycles. The second-order valence-corrected chi connectivity index (χ2v) is 3.54. The molecule has 1 aromatic heterocycles. The lowest BCUT2D eigenvalue weighted by Gasteiger charge is -2.04. The molecule has 0 spiro atoms. The number of methoxy groups -OCH3 is 1. The molecule has 0 aliphatic heterocycles. The quantitative estimate of drug-likeness (QED) is 0.750. The normalized spacial score (nSPS) is 10.8. The molecule has 3 nitrogen and oxygen atoms in total. The van der Waals surface area contributed by atoms with Crippen molar-refractivity contribution in [2.75, 3.05) is 7.11 Å². The summed E-state index contributed by atoms with van der Waals surface area (Å²) in [7, 11) is 1.59. The SMILES string of the molecule is COCn1c(Cl)c(C=O)c2ccccc21. The van der Waals surface area contributed by atoms with Crippen molar-refractivity contribution < 1.29 is 9.53 Å². The first kappa shape index (κ1) is 10.2. The van der Waals surface area contributed by atoms with Gasteiger partial charge in [0, 0.05) is 12.5 Å². The van der Waals surface area contributed by atoms with Gasteiger partial charge in [0.25, 0.3) is 0 Å². The van der Waals surface area contributed by atoms with Crippen LogP contribution in [0.5, 0.6) is 0 Å². The summed E-state index contributed by atoms with van der Waals surface area (Å²) in [6.07, 6.45) is 0.775. The van der Waals surface area contributed by atoms with Crippen LogP contribution in [0.2, 0.25) is 5.15 Å². The molecule has 78 valence electrons. The van der Waals surface area contributed by atoms with Crippen LogP contribution in [-0.2, 0) is 11.5 Å². The van der Waals surface area contributed by atoms with Crippen molar-refractivity contribution >= 4 is 28.8 Å². The number of benzene rings is 1. The predicted molar refractivity (Wildman–Crippen MR) is 59.3 cm³/mol. The summed E-state index contributed by atoms with van der Waals surface area (Å²) in [6.45, 7) is 0.340. The Labute approximate surface area is 92.2 Å². The van der Waals surface area contributed by atoms with Gasteiger partial charge in [-0.2, -0.15) is 0 Å². The first-order chi connectivity index (χ1) is 7.29. The van der Waals surface area contributed by atoms with Crippen molar-refractivity contribution in [3.8, 4) is 0 Å². The molecule has 2 aromatic rings. The zero-order chi connectivity index (χ0) is 10.8. The Bertz CT molecular complexity index is 505. The van der Waals surface area contributed by atoms with E-state index in [9.17, 15) is 4.79 Å². The maximum Gasteiger partial charge on any atom is 0.153 e. The smallest absolute Gasteiger partial charge is 0.153 e. The van der Waals surface area contributed by atoms with Gasteiger partial charge in [-0.25, -0.2) is 0 Å². The number of carbonyl (C=O) groups is 1. The van der Waals surface area contributed by atoms with Gasteiger partial charge >= 0.3 is 0 Å². The number of rotatable bonds is 3. The number of fused-ring (bicyclic) bond motifs is 1. The van der Waals surface area contributed by atoms with Crippen molar-refractivity contribution in [3.63, 3.8) is 0 Å². The van der Waals surface area contributed by atoms with Gasteiger partial charge in [0.15, 0.2) is 6.29 Å².